The first kappa shape index (κ1) is 24.9. The molecule has 34 heavy (non-hydrogen) atoms. The van der Waals surface area contributed by atoms with Crippen LogP contribution in [0.5, 0.6) is 23.0 Å². The van der Waals surface area contributed by atoms with Gasteiger partial charge in [0, 0.05) is 5.02 Å². The van der Waals surface area contributed by atoms with Crippen molar-refractivity contribution in [3.8, 4) is 23.0 Å². The van der Waals surface area contributed by atoms with Crippen molar-refractivity contribution in [1.82, 2.24) is 5.43 Å². The van der Waals surface area contributed by atoms with E-state index in [2.05, 4.69) is 10.5 Å². The Kier molecular flexibility index (Phi) is 8.73. The number of rotatable bonds is 9. The molecule has 3 aromatic carbocycles. The topological polar surface area (TPSA) is 95.5 Å². The Labute approximate surface area is 206 Å². The fourth-order valence-corrected chi connectivity index (χ4v) is 3.16. The predicted octanol–water partition coefficient (Wildman–Crippen LogP) is 4.76. The van der Waals surface area contributed by atoms with Crippen LogP contribution in [0.2, 0.25) is 10.0 Å². The first-order valence-corrected chi connectivity index (χ1v) is 10.6. The zero-order valence-corrected chi connectivity index (χ0v) is 19.7. The van der Waals surface area contributed by atoms with E-state index < -0.39 is 11.9 Å². The third-order valence-electron chi connectivity index (χ3n) is 4.37. The molecule has 0 unspecified atom stereocenters. The van der Waals surface area contributed by atoms with Gasteiger partial charge in [-0.3, -0.25) is 4.79 Å². The Morgan fingerprint density at radius 2 is 1.62 bits per heavy atom. The van der Waals surface area contributed by atoms with E-state index in [1.54, 1.807) is 48.5 Å². The number of esters is 1. The molecule has 0 aromatic heterocycles. The Bertz CT molecular complexity index is 1200. The lowest BCUT2D eigenvalue weighted by Crippen LogP contribution is -2.24. The van der Waals surface area contributed by atoms with E-state index in [4.69, 9.17) is 42.1 Å². The number of ether oxygens (including phenoxy) is 4. The second kappa shape index (κ2) is 11.9. The number of methoxy groups -OCH3 is 2. The number of nitrogens with zero attached hydrogens (tertiary/aromatic N) is 1. The monoisotopic (exact) mass is 502 g/mol. The van der Waals surface area contributed by atoms with Crippen LogP contribution in [0.25, 0.3) is 0 Å². The normalized spacial score (nSPS) is 10.6. The molecule has 0 saturated carbocycles. The standard InChI is InChI=1S/C24H20Cl2N2O6/c1-31-21-9-5-16(11-22(21)32-2)24(30)34-18-7-3-15(4-8-18)13-27-28-23(29)14-33-20-10-6-17(25)12-19(20)26/h3-13H,14H2,1-2H3,(H,28,29)/b27-13-. The summed E-state index contributed by atoms with van der Waals surface area (Å²) in [5, 5.41) is 4.64. The van der Waals surface area contributed by atoms with Crippen LogP contribution < -0.4 is 24.4 Å². The summed E-state index contributed by atoms with van der Waals surface area (Å²) in [5.41, 5.74) is 3.34. The number of hydrogen-bond donors (Lipinski definition) is 1. The molecule has 3 aromatic rings. The second-order valence-electron chi connectivity index (χ2n) is 6.68. The largest absolute Gasteiger partial charge is 0.493 e. The molecule has 10 heteroatoms. The van der Waals surface area contributed by atoms with Crippen molar-refractivity contribution in [2.45, 2.75) is 0 Å². The zero-order chi connectivity index (χ0) is 24.5. The molecule has 1 N–H and O–H groups in total. The summed E-state index contributed by atoms with van der Waals surface area (Å²) >= 11 is 11.8. The van der Waals surface area contributed by atoms with Crippen LogP contribution >= 0.6 is 23.2 Å². The molecule has 0 spiro atoms. The Balaban J connectivity index is 1.50. The van der Waals surface area contributed by atoms with Crippen molar-refractivity contribution < 1.29 is 28.5 Å². The summed E-state index contributed by atoms with van der Waals surface area (Å²) in [6.45, 7) is -0.274. The molecule has 0 bridgehead atoms. The van der Waals surface area contributed by atoms with Gasteiger partial charge in [0.1, 0.15) is 11.5 Å². The fourth-order valence-electron chi connectivity index (χ4n) is 2.70. The van der Waals surface area contributed by atoms with E-state index >= 15 is 0 Å². The van der Waals surface area contributed by atoms with Gasteiger partial charge in [-0.25, -0.2) is 10.2 Å². The first-order valence-electron chi connectivity index (χ1n) is 9.83. The minimum atomic E-state index is -0.546. The lowest BCUT2D eigenvalue weighted by atomic mass is 10.2. The molecular formula is C24H20Cl2N2O6. The van der Waals surface area contributed by atoms with Gasteiger partial charge in [0.25, 0.3) is 5.91 Å². The molecule has 3 rings (SSSR count). The van der Waals surface area contributed by atoms with Gasteiger partial charge in [-0.1, -0.05) is 23.2 Å². The SMILES string of the molecule is COc1ccc(C(=O)Oc2ccc(/C=N\NC(=O)COc3ccc(Cl)cc3Cl)cc2)cc1OC. The van der Waals surface area contributed by atoms with Crippen molar-refractivity contribution in [3.05, 3.63) is 81.8 Å². The van der Waals surface area contributed by atoms with E-state index in [9.17, 15) is 9.59 Å². The Morgan fingerprint density at radius 3 is 2.29 bits per heavy atom. The molecular weight excluding hydrogens is 483 g/mol. The minimum absolute atomic E-state index is 0.274. The van der Waals surface area contributed by atoms with Crippen molar-refractivity contribution in [2.24, 2.45) is 5.10 Å². The van der Waals surface area contributed by atoms with Gasteiger partial charge < -0.3 is 18.9 Å². The van der Waals surface area contributed by atoms with E-state index in [1.807, 2.05) is 0 Å². The molecule has 0 aliphatic rings. The molecule has 8 nitrogen and oxygen atoms in total. The van der Waals surface area contributed by atoms with Gasteiger partial charge in [-0.2, -0.15) is 5.10 Å². The Hall–Kier alpha value is -3.75. The average Bonchev–Trinajstić information content (AvgIpc) is 2.84. The van der Waals surface area contributed by atoms with Crippen LogP contribution in [-0.2, 0) is 4.79 Å². The van der Waals surface area contributed by atoms with Crippen LogP contribution in [0.1, 0.15) is 15.9 Å². The van der Waals surface area contributed by atoms with E-state index in [0.29, 0.717) is 44.2 Å². The molecule has 0 fully saturated rings. The molecule has 176 valence electrons. The van der Waals surface area contributed by atoms with Crippen LogP contribution in [0, 0.1) is 0 Å². The maximum atomic E-state index is 12.4. The molecule has 0 radical (unpaired) electrons. The summed E-state index contributed by atoms with van der Waals surface area (Å²) in [6.07, 6.45) is 1.44. The zero-order valence-electron chi connectivity index (χ0n) is 18.2. The number of hydrazone groups is 1. The van der Waals surface area contributed by atoms with Gasteiger partial charge in [0.2, 0.25) is 0 Å². The van der Waals surface area contributed by atoms with Crippen LogP contribution in [0.3, 0.4) is 0 Å². The predicted molar refractivity (Wildman–Crippen MR) is 129 cm³/mol. The number of nitrogens with one attached hydrogen (secondary N) is 1. The van der Waals surface area contributed by atoms with E-state index in [-0.39, 0.29) is 6.61 Å². The van der Waals surface area contributed by atoms with Gasteiger partial charge in [0.05, 0.1) is 31.0 Å². The second-order valence-corrected chi connectivity index (χ2v) is 7.53. The lowest BCUT2D eigenvalue weighted by Gasteiger charge is -2.09. The van der Waals surface area contributed by atoms with Crippen LogP contribution in [0.15, 0.2) is 65.8 Å². The smallest absolute Gasteiger partial charge is 0.343 e. The molecule has 0 saturated heterocycles. The number of halogens is 2. The van der Waals surface area contributed by atoms with Crippen molar-refractivity contribution in [1.29, 1.82) is 0 Å². The van der Waals surface area contributed by atoms with Gasteiger partial charge in [0.15, 0.2) is 18.1 Å². The summed E-state index contributed by atoms with van der Waals surface area (Å²) in [4.78, 5) is 24.3. The molecule has 0 aliphatic heterocycles. The summed E-state index contributed by atoms with van der Waals surface area (Å²) in [6, 6.07) is 16.0. The minimum Gasteiger partial charge on any atom is -0.493 e. The molecule has 0 aliphatic carbocycles. The third-order valence-corrected chi connectivity index (χ3v) is 4.90. The fraction of sp³-hybridized carbons (Fsp3) is 0.125. The van der Waals surface area contributed by atoms with Crippen LogP contribution in [-0.4, -0.2) is 38.9 Å². The van der Waals surface area contributed by atoms with E-state index in [1.165, 1.54) is 32.6 Å². The van der Waals surface area contributed by atoms with Crippen molar-refractivity contribution in [3.63, 3.8) is 0 Å². The quantitative estimate of drug-likeness (QED) is 0.196. The summed E-state index contributed by atoms with van der Waals surface area (Å²) in [7, 11) is 3.00. The average molecular weight is 503 g/mol. The van der Waals surface area contributed by atoms with Crippen molar-refractivity contribution in [2.75, 3.05) is 20.8 Å². The van der Waals surface area contributed by atoms with Gasteiger partial charge >= 0.3 is 5.97 Å². The Morgan fingerprint density at radius 1 is 0.912 bits per heavy atom. The number of carbonyl (C=O) groups excluding carboxylic acids is 2. The van der Waals surface area contributed by atoms with Crippen molar-refractivity contribution >= 4 is 41.3 Å². The van der Waals surface area contributed by atoms with Gasteiger partial charge in [-0.15, -0.1) is 0 Å². The highest BCUT2D eigenvalue weighted by Crippen LogP contribution is 2.28. The number of benzene rings is 3. The highest BCUT2D eigenvalue weighted by Gasteiger charge is 2.13. The van der Waals surface area contributed by atoms with Gasteiger partial charge in [-0.05, 0) is 66.2 Å². The summed E-state index contributed by atoms with van der Waals surface area (Å²) < 4.78 is 21.1. The van der Waals surface area contributed by atoms with Crippen LogP contribution in [0.4, 0.5) is 0 Å². The number of hydrogen-bond acceptors (Lipinski definition) is 7. The maximum absolute atomic E-state index is 12.4. The molecule has 0 heterocycles. The highest BCUT2D eigenvalue weighted by molar-refractivity contribution is 6.35. The third kappa shape index (κ3) is 6.87. The summed E-state index contributed by atoms with van der Waals surface area (Å²) in [5.74, 6) is 0.595. The van der Waals surface area contributed by atoms with E-state index in [0.717, 1.165) is 0 Å². The maximum Gasteiger partial charge on any atom is 0.343 e. The molecule has 1 amide bonds. The molecule has 0 atom stereocenters. The first-order chi connectivity index (χ1) is 16.4. The number of carbonyl (C=O) groups is 2. The highest BCUT2D eigenvalue weighted by atomic mass is 35.5. The lowest BCUT2D eigenvalue weighted by molar-refractivity contribution is -0.123. The number of amides is 1.